The molecule has 6 heteroatoms. The van der Waals surface area contributed by atoms with Crippen molar-refractivity contribution in [2.45, 2.75) is 12.8 Å². The molecule has 0 unspecified atom stereocenters. The second-order valence-electron chi connectivity index (χ2n) is 6.30. The summed E-state index contributed by atoms with van der Waals surface area (Å²) in [4.78, 5) is 24.4. The van der Waals surface area contributed by atoms with Gasteiger partial charge < -0.3 is 21.5 Å². The predicted octanol–water partition coefficient (Wildman–Crippen LogP) is 3.80. The van der Waals surface area contributed by atoms with Crippen LogP contribution in [0.25, 0.3) is 0 Å². The fraction of sp³-hybridized carbons (Fsp3) is 0.0909. The third kappa shape index (κ3) is 4.88. The van der Waals surface area contributed by atoms with Crippen LogP contribution < -0.4 is 16.4 Å². The summed E-state index contributed by atoms with van der Waals surface area (Å²) in [6.45, 7) is 0. The molecule has 0 heterocycles. The summed E-state index contributed by atoms with van der Waals surface area (Å²) in [6.07, 6.45) is 0.785. The molecule has 3 aromatic rings. The fourth-order valence-corrected chi connectivity index (χ4v) is 2.68. The van der Waals surface area contributed by atoms with E-state index in [0.29, 0.717) is 29.0 Å². The van der Waals surface area contributed by atoms with E-state index in [1.165, 1.54) is 6.07 Å². The highest BCUT2D eigenvalue weighted by atomic mass is 16.3. The second kappa shape index (κ2) is 8.73. The maximum absolute atomic E-state index is 12.3. The number of nitrogens with two attached hydrogens (primary N) is 1. The number of nitrogens with one attached hydrogen (secondary N) is 2. The normalized spacial score (nSPS) is 10.3. The molecular weight excluding hydrogens is 354 g/mol. The van der Waals surface area contributed by atoms with Crippen molar-refractivity contribution < 1.29 is 14.7 Å². The van der Waals surface area contributed by atoms with Gasteiger partial charge in [-0.05, 0) is 48.4 Å². The Bertz CT molecular complexity index is 984. The van der Waals surface area contributed by atoms with E-state index in [-0.39, 0.29) is 24.0 Å². The summed E-state index contributed by atoms with van der Waals surface area (Å²) < 4.78 is 0. The van der Waals surface area contributed by atoms with E-state index in [9.17, 15) is 14.7 Å². The number of rotatable bonds is 6. The molecule has 3 rings (SSSR count). The van der Waals surface area contributed by atoms with E-state index in [1.54, 1.807) is 54.6 Å². The SMILES string of the molecule is Nc1ccccc1NC(=O)c1ccc(CCC(=O)Nc2ccccc2O)cc1. The van der Waals surface area contributed by atoms with Crippen LogP contribution in [0.5, 0.6) is 5.75 Å². The van der Waals surface area contributed by atoms with Gasteiger partial charge in [0.25, 0.3) is 5.91 Å². The first kappa shape index (κ1) is 19.0. The highest BCUT2D eigenvalue weighted by Gasteiger charge is 2.09. The van der Waals surface area contributed by atoms with Gasteiger partial charge in [0.05, 0.1) is 17.1 Å². The highest BCUT2D eigenvalue weighted by Crippen LogP contribution is 2.22. The molecular formula is C22H21N3O3. The fourth-order valence-electron chi connectivity index (χ4n) is 2.68. The zero-order chi connectivity index (χ0) is 19.9. The lowest BCUT2D eigenvalue weighted by Crippen LogP contribution is -2.14. The van der Waals surface area contributed by atoms with Crippen LogP contribution in [0.3, 0.4) is 0 Å². The van der Waals surface area contributed by atoms with Crippen molar-refractivity contribution in [2.75, 3.05) is 16.4 Å². The number of carbonyl (C=O) groups is 2. The molecule has 142 valence electrons. The quantitative estimate of drug-likeness (QED) is 0.388. The first-order valence-electron chi connectivity index (χ1n) is 8.85. The molecule has 0 bridgehead atoms. The summed E-state index contributed by atoms with van der Waals surface area (Å²) in [5, 5.41) is 15.1. The minimum Gasteiger partial charge on any atom is -0.506 e. The summed E-state index contributed by atoms with van der Waals surface area (Å²) >= 11 is 0. The van der Waals surface area contributed by atoms with E-state index < -0.39 is 0 Å². The van der Waals surface area contributed by atoms with Gasteiger partial charge >= 0.3 is 0 Å². The number of phenols is 1. The predicted molar refractivity (Wildman–Crippen MR) is 110 cm³/mol. The van der Waals surface area contributed by atoms with E-state index in [2.05, 4.69) is 10.6 Å². The first-order valence-corrected chi connectivity index (χ1v) is 8.85. The average Bonchev–Trinajstić information content (AvgIpc) is 2.70. The molecule has 0 fully saturated rings. The third-order valence-electron chi connectivity index (χ3n) is 4.24. The standard InChI is InChI=1S/C22H21N3O3/c23-17-5-1-2-6-18(17)25-22(28)16-12-9-15(10-13-16)11-14-21(27)24-19-7-3-4-8-20(19)26/h1-10,12-13,26H,11,14,23H2,(H,24,27)(H,25,28). The Kier molecular flexibility index (Phi) is 5.91. The number of para-hydroxylation sites is 4. The number of aryl methyl sites for hydroxylation is 1. The van der Waals surface area contributed by atoms with Crippen molar-refractivity contribution in [2.24, 2.45) is 0 Å². The van der Waals surface area contributed by atoms with Crippen LogP contribution in [0.15, 0.2) is 72.8 Å². The Morgan fingerprint density at radius 1 is 0.821 bits per heavy atom. The Labute approximate surface area is 163 Å². The summed E-state index contributed by atoms with van der Waals surface area (Å²) in [5.74, 6) is -0.408. The van der Waals surface area contributed by atoms with Crippen molar-refractivity contribution in [1.29, 1.82) is 0 Å². The van der Waals surface area contributed by atoms with Crippen molar-refractivity contribution in [3.8, 4) is 5.75 Å². The number of phenolic OH excluding ortho intramolecular Hbond substituents is 1. The van der Waals surface area contributed by atoms with Gasteiger partial charge in [-0.3, -0.25) is 9.59 Å². The largest absolute Gasteiger partial charge is 0.506 e. The average molecular weight is 375 g/mol. The van der Waals surface area contributed by atoms with Crippen molar-refractivity contribution in [3.05, 3.63) is 83.9 Å². The smallest absolute Gasteiger partial charge is 0.255 e. The summed E-state index contributed by atoms with van der Waals surface area (Å²) in [7, 11) is 0. The van der Waals surface area contributed by atoms with Crippen molar-refractivity contribution in [3.63, 3.8) is 0 Å². The Hall–Kier alpha value is -3.80. The van der Waals surface area contributed by atoms with Crippen molar-refractivity contribution >= 4 is 28.9 Å². The molecule has 28 heavy (non-hydrogen) atoms. The molecule has 0 aromatic heterocycles. The van der Waals surface area contributed by atoms with Gasteiger partial charge in [0.2, 0.25) is 5.91 Å². The molecule has 0 saturated heterocycles. The molecule has 2 amide bonds. The maximum Gasteiger partial charge on any atom is 0.255 e. The third-order valence-corrected chi connectivity index (χ3v) is 4.24. The van der Waals surface area contributed by atoms with E-state index >= 15 is 0 Å². The Morgan fingerprint density at radius 2 is 1.46 bits per heavy atom. The number of carbonyl (C=O) groups excluding carboxylic acids is 2. The molecule has 0 saturated carbocycles. The minimum atomic E-state index is -0.248. The topological polar surface area (TPSA) is 104 Å². The number of benzene rings is 3. The zero-order valence-electron chi connectivity index (χ0n) is 15.2. The molecule has 0 atom stereocenters. The van der Waals surface area contributed by atoms with Gasteiger partial charge in [-0.15, -0.1) is 0 Å². The number of anilines is 3. The Balaban J connectivity index is 1.54. The number of nitrogen functional groups attached to an aromatic ring is 1. The molecule has 0 aliphatic rings. The van der Waals surface area contributed by atoms with Crippen LogP contribution in [-0.2, 0) is 11.2 Å². The molecule has 0 radical (unpaired) electrons. The number of hydrogen-bond donors (Lipinski definition) is 4. The van der Waals surface area contributed by atoms with Gasteiger partial charge in [-0.2, -0.15) is 0 Å². The highest BCUT2D eigenvalue weighted by molar-refractivity contribution is 6.05. The summed E-state index contributed by atoms with van der Waals surface area (Å²) in [6, 6.07) is 20.7. The minimum absolute atomic E-state index is 0.0327. The lowest BCUT2D eigenvalue weighted by molar-refractivity contribution is -0.116. The lowest BCUT2D eigenvalue weighted by Gasteiger charge is -2.09. The summed E-state index contributed by atoms with van der Waals surface area (Å²) in [5.41, 5.74) is 8.73. The van der Waals surface area contributed by atoms with Crippen LogP contribution in [0, 0.1) is 0 Å². The van der Waals surface area contributed by atoms with Crippen molar-refractivity contribution in [1.82, 2.24) is 0 Å². The molecule has 6 nitrogen and oxygen atoms in total. The molecule has 3 aromatic carbocycles. The van der Waals surface area contributed by atoms with E-state index in [0.717, 1.165) is 5.56 Å². The lowest BCUT2D eigenvalue weighted by atomic mass is 10.1. The van der Waals surface area contributed by atoms with Crippen LogP contribution in [0.1, 0.15) is 22.3 Å². The zero-order valence-corrected chi connectivity index (χ0v) is 15.2. The van der Waals surface area contributed by atoms with E-state index in [4.69, 9.17) is 5.73 Å². The van der Waals surface area contributed by atoms with Crippen LogP contribution >= 0.6 is 0 Å². The van der Waals surface area contributed by atoms with Gasteiger partial charge in [0.15, 0.2) is 0 Å². The molecule has 0 aliphatic heterocycles. The van der Waals surface area contributed by atoms with Crippen LogP contribution in [0.4, 0.5) is 17.1 Å². The van der Waals surface area contributed by atoms with Gasteiger partial charge in [0, 0.05) is 12.0 Å². The maximum atomic E-state index is 12.3. The van der Waals surface area contributed by atoms with Gasteiger partial charge in [-0.1, -0.05) is 36.4 Å². The number of hydrogen-bond acceptors (Lipinski definition) is 4. The van der Waals surface area contributed by atoms with Crippen LogP contribution in [-0.4, -0.2) is 16.9 Å². The molecule has 0 spiro atoms. The molecule has 5 N–H and O–H groups in total. The van der Waals surface area contributed by atoms with Gasteiger partial charge in [-0.25, -0.2) is 0 Å². The first-order chi connectivity index (χ1) is 13.5. The van der Waals surface area contributed by atoms with E-state index in [1.807, 2.05) is 12.1 Å². The Morgan fingerprint density at radius 3 is 2.14 bits per heavy atom. The number of amides is 2. The van der Waals surface area contributed by atoms with Gasteiger partial charge in [0.1, 0.15) is 5.75 Å². The second-order valence-corrected chi connectivity index (χ2v) is 6.30. The number of aromatic hydroxyl groups is 1. The van der Waals surface area contributed by atoms with Crippen LogP contribution in [0.2, 0.25) is 0 Å². The monoisotopic (exact) mass is 375 g/mol. The molecule has 0 aliphatic carbocycles.